The fourth-order valence-electron chi connectivity index (χ4n) is 3.20. The van der Waals surface area contributed by atoms with E-state index in [0.29, 0.717) is 32.5 Å². The Hall–Kier alpha value is -2.89. The third kappa shape index (κ3) is 3.97. The first-order chi connectivity index (χ1) is 13.9. The van der Waals surface area contributed by atoms with Gasteiger partial charge in [-0.2, -0.15) is 0 Å². The smallest absolute Gasteiger partial charge is 0.147 e. The molecule has 0 spiro atoms. The number of aromatic hydroxyl groups is 1. The maximum atomic E-state index is 14.0. The molecule has 1 atom stereocenters. The molecule has 4 nitrogen and oxygen atoms in total. The monoisotopic (exact) mass is 427 g/mol. The number of aromatic nitrogens is 2. The minimum atomic E-state index is -0.622. The maximum absolute atomic E-state index is 14.0. The second-order valence-corrected chi connectivity index (χ2v) is 7.49. The van der Waals surface area contributed by atoms with Crippen molar-refractivity contribution in [2.45, 2.75) is 13.0 Å². The molecule has 0 bridgehead atoms. The molecule has 0 saturated heterocycles. The average Bonchev–Trinajstić information content (AvgIpc) is 2.69. The van der Waals surface area contributed by atoms with Crippen LogP contribution in [0.2, 0.25) is 10.0 Å². The van der Waals surface area contributed by atoms with E-state index in [1.54, 1.807) is 24.3 Å². The summed E-state index contributed by atoms with van der Waals surface area (Å²) in [6, 6.07) is 14.5. The molecule has 29 heavy (non-hydrogen) atoms. The van der Waals surface area contributed by atoms with Crippen LogP contribution in [-0.2, 0) is 0 Å². The average molecular weight is 428 g/mol. The van der Waals surface area contributed by atoms with Crippen molar-refractivity contribution in [1.29, 1.82) is 0 Å². The number of pyridine rings is 2. The van der Waals surface area contributed by atoms with Crippen LogP contribution in [-0.4, -0.2) is 15.1 Å². The predicted molar refractivity (Wildman–Crippen MR) is 114 cm³/mol. The molecular weight excluding hydrogens is 412 g/mol. The van der Waals surface area contributed by atoms with E-state index in [1.165, 1.54) is 18.3 Å². The van der Waals surface area contributed by atoms with E-state index >= 15 is 0 Å². The van der Waals surface area contributed by atoms with Gasteiger partial charge < -0.3 is 10.4 Å². The number of nitrogens with one attached hydrogen (secondary N) is 1. The van der Waals surface area contributed by atoms with Gasteiger partial charge in [-0.25, -0.2) is 14.4 Å². The van der Waals surface area contributed by atoms with Crippen LogP contribution in [0.15, 0.2) is 60.8 Å². The van der Waals surface area contributed by atoms with E-state index in [0.717, 1.165) is 11.1 Å². The van der Waals surface area contributed by atoms with Crippen LogP contribution in [0.3, 0.4) is 0 Å². The molecule has 0 fully saturated rings. The standard InChI is InChI=1S/C22H16Cl2FN3O/c1-12-5-6-13-7-8-17(21(29)20(13)27-12)19(14-3-2-4-16(25)9-14)28-22-18(24)10-15(23)11-26-22/h2-11,19,29H,1H3,(H,26,28). The third-order valence-corrected chi connectivity index (χ3v) is 5.08. The summed E-state index contributed by atoms with van der Waals surface area (Å²) in [6.07, 6.45) is 1.46. The molecule has 2 heterocycles. The number of hydrogen-bond donors (Lipinski definition) is 2. The molecule has 0 aliphatic rings. The lowest BCUT2D eigenvalue weighted by atomic mass is 9.96. The summed E-state index contributed by atoms with van der Waals surface area (Å²) in [4.78, 5) is 8.69. The van der Waals surface area contributed by atoms with E-state index in [9.17, 15) is 9.50 Å². The van der Waals surface area contributed by atoms with Crippen molar-refractivity contribution in [2.75, 3.05) is 5.32 Å². The lowest BCUT2D eigenvalue weighted by Crippen LogP contribution is -2.14. The Morgan fingerprint density at radius 2 is 1.86 bits per heavy atom. The highest BCUT2D eigenvalue weighted by atomic mass is 35.5. The second-order valence-electron chi connectivity index (χ2n) is 6.64. The number of phenolic OH excluding ortho intramolecular Hbond substituents is 1. The number of halogens is 3. The summed E-state index contributed by atoms with van der Waals surface area (Å²) in [6.45, 7) is 1.85. The second kappa shape index (κ2) is 7.85. The lowest BCUT2D eigenvalue weighted by molar-refractivity contribution is 0.471. The summed E-state index contributed by atoms with van der Waals surface area (Å²) in [7, 11) is 0. The van der Waals surface area contributed by atoms with E-state index in [1.807, 2.05) is 25.1 Å². The minimum Gasteiger partial charge on any atom is -0.505 e. The summed E-state index contributed by atoms with van der Waals surface area (Å²) >= 11 is 12.2. The van der Waals surface area contributed by atoms with Crippen LogP contribution in [0, 0.1) is 12.7 Å². The molecule has 146 valence electrons. The van der Waals surface area contributed by atoms with E-state index < -0.39 is 11.9 Å². The Labute approximate surface area is 177 Å². The van der Waals surface area contributed by atoms with Crippen molar-refractivity contribution < 1.29 is 9.50 Å². The van der Waals surface area contributed by atoms with Gasteiger partial charge in [0.1, 0.15) is 22.9 Å². The normalized spacial score (nSPS) is 12.1. The molecule has 2 N–H and O–H groups in total. The van der Waals surface area contributed by atoms with Gasteiger partial charge in [0, 0.05) is 22.8 Å². The molecule has 7 heteroatoms. The first kappa shape index (κ1) is 19.4. The van der Waals surface area contributed by atoms with Crippen LogP contribution in [0.5, 0.6) is 5.75 Å². The van der Waals surface area contributed by atoms with Gasteiger partial charge in [0.25, 0.3) is 0 Å². The van der Waals surface area contributed by atoms with Gasteiger partial charge in [-0.1, -0.05) is 53.5 Å². The highest BCUT2D eigenvalue weighted by Crippen LogP contribution is 2.37. The Bertz CT molecular complexity index is 1220. The largest absolute Gasteiger partial charge is 0.505 e. The number of anilines is 1. The number of hydrogen-bond acceptors (Lipinski definition) is 4. The summed E-state index contributed by atoms with van der Waals surface area (Å²) in [5.74, 6) is -0.0150. The Balaban J connectivity index is 1.88. The SMILES string of the molecule is Cc1ccc2ccc(C(Nc3ncc(Cl)cc3Cl)c3cccc(F)c3)c(O)c2n1. The molecule has 0 saturated carbocycles. The first-order valence-corrected chi connectivity index (χ1v) is 9.60. The van der Waals surface area contributed by atoms with Crippen molar-refractivity contribution in [3.05, 3.63) is 93.5 Å². The van der Waals surface area contributed by atoms with Gasteiger partial charge in [0.2, 0.25) is 0 Å². The number of nitrogens with zero attached hydrogens (tertiary/aromatic N) is 2. The molecule has 4 aromatic rings. The van der Waals surface area contributed by atoms with Crippen LogP contribution in [0.4, 0.5) is 10.2 Å². The zero-order valence-electron chi connectivity index (χ0n) is 15.3. The molecule has 0 aliphatic heterocycles. The molecule has 1 unspecified atom stereocenters. The molecule has 2 aromatic heterocycles. The van der Waals surface area contributed by atoms with E-state index in [2.05, 4.69) is 15.3 Å². The molecular formula is C22H16Cl2FN3O. The predicted octanol–water partition coefficient (Wildman–Crippen LogP) is 6.29. The third-order valence-electron chi connectivity index (χ3n) is 4.59. The number of aryl methyl sites for hydroxylation is 1. The fourth-order valence-corrected chi connectivity index (χ4v) is 3.64. The van der Waals surface area contributed by atoms with Crippen molar-refractivity contribution in [2.24, 2.45) is 0 Å². The molecule has 0 amide bonds. The van der Waals surface area contributed by atoms with Crippen molar-refractivity contribution in [1.82, 2.24) is 9.97 Å². The maximum Gasteiger partial charge on any atom is 0.147 e. The molecule has 2 aromatic carbocycles. The zero-order valence-corrected chi connectivity index (χ0v) is 16.8. The number of benzene rings is 2. The van der Waals surface area contributed by atoms with Crippen molar-refractivity contribution in [3.63, 3.8) is 0 Å². The minimum absolute atomic E-state index is 0.0121. The van der Waals surface area contributed by atoms with Crippen LogP contribution >= 0.6 is 23.2 Å². The summed E-state index contributed by atoms with van der Waals surface area (Å²) in [5.41, 5.74) is 2.37. The Morgan fingerprint density at radius 1 is 1.07 bits per heavy atom. The molecule has 0 radical (unpaired) electrons. The number of fused-ring (bicyclic) bond motifs is 1. The Morgan fingerprint density at radius 3 is 2.62 bits per heavy atom. The van der Waals surface area contributed by atoms with Gasteiger partial charge in [0.05, 0.1) is 16.1 Å². The van der Waals surface area contributed by atoms with E-state index in [4.69, 9.17) is 23.2 Å². The molecule has 4 rings (SSSR count). The highest BCUT2D eigenvalue weighted by molar-refractivity contribution is 6.35. The number of phenols is 1. The Kier molecular flexibility index (Phi) is 5.26. The van der Waals surface area contributed by atoms with Crippen LogP contribution in [0.1, 0.15) is 22.9 Å². The van der Waals surface area contributed by atoms with Gasteiger partial charge in [-0.3, -0.25) is 0 Å². The van der Waals surface area contributed by atoms with Gasteiger partial charge in [-0.15, -0.1) is 0 Å². The van der Waals surface area contributed by atoms with Crippen LogP contribution < -0.4 is 5.32 Å². The summed E-state index contributed by atoms with van der Waals surface area (Å²) in [5, 5.41) is 15.7. The summed E-state index contributed by atoms with van der Waals surface area (Å²) < 4.78 is 14.0. The quantitative estimate of drug-likeness (QED) is 0.401. The van der Waals surface area contributed by atoms with Gasteiger partial charge in [0.15, 0.2) is 0 Å². The number of rotatable bonds is 4. The lowest BCUT2D eigenvalue weighted by Gasteiger charge is -2.22. The zero-order chi connectivity index (χ0) is 20.5. The highest BCUT2D eigenvalue weighted by Gasteiger charge is 2.22. The van der Waals surface area contributed by atoms with Gasteiger partial charge >= 0.3 is 0 Å². The van der Waals surface area contributed by atoms with Crippen LogP contribution in [0.25, 0.3) is 10.9 Å². The molecule has 0 aliphatic carbocycles. The fraction of sp³-hybridized carbons (Fsp3) is 0.0909. The van der Waals surface area contributed by atoms with E-state index in [-0.39, 0.29) is 5.75 Å². The topological polar surface area (TPSA) is 58.0 Å². The first-order valence-electron chi connectivity index (χ1n) is 8.84. The van der Waals surface area contributed by atoms with Crippen molar-refractivity contribution in [3.8, 4) is 5.75 Å². The van der Waals surface area contributed by atoms with Gasteiger partial charge in [-0.05, 0) is 36.8 Å². The van der Waals surface area contributed by atoms with Crippen molar-refractivity contribution >= 4 is 39.9 Å².